The Morgan fingerprint density at radius 3 is 1.49 bits per heavy atom. The molecule has 4 fully saturated rings. The Balaban J connectivity index is 0.000000370. The number of carbonyl (C=O) groups is 5. The molecular formula is C57H71Br3Cl8N10O5. The molecule has 0 unspecified atom stereocenters. The molecule has 6 amide bonds. The van der Waals surface area contributed by atoms with Gasteiger partial charge in [0.15, 0.2) is 6.29 Å². The Bertz CT molecular complexity index is 2800. The fourth-order valence-electron chi connectivity index (χ4n) is 10.00. The molecule has 1 aliphatic heterocycles. The molecule has 456 valence electrons. The highest BCUT2D eigenvalue weighted by Gasteiger charge is 2.52. The van der Waals surface area contributed by atoms with E-state index >= 15 is 0 Å². The van der Waals surface area contributed by atoms with Crippen molar-refractivity contribution in [2.24, 2.45) is 4.99 Å². The van der Waals surface area contributed by atoms with Crippen LogP contribution < -0.4 is 25.8 Å². The van der Waals surface area contributed by atoms with Gasteiger partial charge in [-0.2, -0.15) is 10.5 Å². The van der Waals surface area contributed by atoms with Gasteiger partial charge in [-0.05, 0) is 195 Å². The molecule has 7 rings (SSSR count). The van der Waals surface area contributed by atoms with Crippen molar-refractivity contribution in [1.29, 1.82) is 15.9 Å². The largest absolute Gasteiger partial charge is 0.367 e. The summed E-state index contributed by atoms with van der Waals surface area (Å²) in [6, 6.07) is 15.6. The van der Waals surface area contributed by atoms with Gasteiger partial charge in [0, 0.05) is 30.5 Å². The lowest BCUT2D eigenvalue weighted by Gasteiger charge is -2.36. The molecule has 26 heteroatoms. The van der Waals surface area contributed by atoms with E-state index in [-0.39, 0.29) is 16.9 Å². The fraction of sp³-hybridized carbons (Fsp3) is 0.526. The monoisotopic (exact) mass is 1490 g/mol. The van der Waals surface area contributed by atoms with Gasteiger partial charge in [-0.1, -0.05) is 151 Å². The summed E-state index contributed by atoms with van der Waals surface area (Å²) in [6.07, 6.45) is 11.8. The summed E-state index contributed by atoms with van der Waals surface area (Å²) in [5.74, 6) is -1.68. The average molecular weight is 1500 g/mol. The van der Waals surface area contributed by atoms with Crippen LogP contribution in [-0.4, -0.2) is 96.3 Å². The number of imide groups is 1. The summed E-state index contributed by atoms with van der Waals surface area (Å²) in [4.78, 5) is 65.8. The first-order chi connectivity index (χ1) is 38.8. The molecule has 0 bridgehead atoms. The van der Waals surface area contributed by atoms with E-state index in [4.69, 9.17) is 98.2 Å². The zero-order valence-electron chi connectivity index (χ0n) is 47.8. The highest BCUT2D eigenvalue weighted by Crippen LogP contribution is 2.44. The smallest absolute Gasteiger partial charge is 0.330 e. The van der Waals surface area contributed by atoms with Crippen LogP contribution in [0.15, 0.2) is 54.8 Å². The average Bonchev–Trinajstić information content (AvgIpc) is 2.32. The van der Waals surface area contributed by atoms with Crippen molar-refractivity contribution in [3.63, 3.8) is 0 Å². The number of alkyl halides is 8. The van der Waals surface area contributed by atoms with E-state index in [0.29, 0.717) is 36.9 Å². The standard InChI is InChI=1S/C17H17BrCl3N3O2.C15H18BrN3O.C14H17BrN2.C6H15N.C4H2Cl3NO2.CH2Cl2/c1-10-7-12(8-11(2)13(10)18)24(16(9-22)5-3-4-6-16)15(26)23-14(25)17(19,20)21;1-9-7-11(8-10(2)12(9)16)19-14(20)18-13(17)15(19)5-3-4-6-15;1-10-7-12(8-11(2)13(10)15)17-14(9-16)5-3-4-6-14;1-4-7(5-2)6-3;5-4(6,7)3(10)8-1-2-9;2-1-3/h7-8H,3-6H2,1-2H3,(H,23,25,26);7-8H,3-6H2,1-2H3,(H2,17,18,20);7-8,17H,3-6H2,1-2H3;4-6H2,1-3H3;1-2H;1H2. The lowest BCUT2D eigenvalue weighted by Crippen LogP contribution is -2.56. The SMILES string of the molecule is CCN(CC)CC.Cc1cc(N(C(=O)NC(=O)C(Cl)(Cl)Cl)C2(C#N)CCCC2)cc(C)c1Br.Cc1cc(N2C(=O)NC(=N)C23CCCC3)cc(C)c1Br.Cc1cc(NC2(C#N)CCCC2)cc(C)c1Br.ClCCl.O=CC=NC(=O)C(Cl)(Cl)Cl. The van der Waals surface area contributed by atoms with Gasteiger partial charge in [0.2, 0.25) is 0 Å². The summed E-state index contributed by atoms with van der Waals surface area (Å²) in [6.45, 7) is 22.1. The maximum Gasteiger partial charge on any atom is 0.330 e. The number of aryl methyl sites for hydroxylation is 6. The van der Waals surface area contributed by atoms with E-state index < -0.39 is 36.5 Å². The van der Waals surface area contributed by atoms with Crippen molar-refractivity contribution < 1.29 is 24.0 Å². The zero-order valence-corrected chi connectivity index (χ0v) is 58.6. The third-order valence-electron chi connectivity index (χ3n) is 14.2. The molecule has 0 aromatic heterocycles. The Labute approximate surface area is 554 Å². The fourth-order valence-corrected chi connectivity index (χ4v) is 11.0. The molecule has 3 aromatic carbocycles. The van der Waals surface area contributed by atoms with Crippen LogP contribution in [0.3, 0.4) is 0 Å². The van der Waals surface area contributed by atoms with E-state index in [2.05, 4.69) is 133 Å². The number of hydrogen-bond donors (Lipinski definition) is 4. The predicted octanol–water partition coefficient (Wildman–Crippen LogP) is 17.4. The number of amidine groups is 1. The van der Waals surface area contributed by atoms with Gasteiger partial charge in [0.1, 0.15) is 22.5 Å². The summed E-state index contributed by atoms with van der Waals surface area (Å²) < 4.78 is -1.20. The number of hydrogen-bond acceptors (Lipinski definition) is 10. The number of anilines is 3. The minimum Gasteiger partial charge on any atom is -0.367 e. The number of amides is 6. The van der Waals surface area contributed by atoms with Crippen molar-refractivity contribution in [2.75, 3.05) is 40.1 Å². The second-order valence-electron chi connectivity index (χ2n) is 20.0. The molecule has 83 heavy (non-hydrogen) atoms. The maximum absolute atomic E-state index is 12.9. The van der Waals surface area contributed by atoms with E-state index in [1.165, 1.54) is 35.7 Å². The van der Waals surface area contributed by atoms with Gasteiger partial charge >= 0.3 is 12.1 Å². The number of benzene rings is 3. The molecule has 1 saturated heterocycles. The molecule has 3 aliphatic carbocycles. The van der Waals surface area contributed by atoms with E-state index in [0.717, 1.165) is 111 Å². The summed E-state index contributed by atoms with van der Waals surface area (Å²) in [5, 5.41) is 35.8. The van der Waals surface area contributed by atoms with Crippen LogP contribution in [0.1, 0.15) is 131 Å². The number of urea groups is 2. The van der Waals surface area contributed by atoms with E-state index in [1.54, 1.807) is 17.0 Å². The highest BCUT2D eigenvalue weighted by atomic mass is 79.9. The lowest BCUT2D eigenvalue weighted by atomic mass is 9.94. The number of nitriles is 2. The van der Waals surface area contributed by atoms with Gasteiger partial charge in [-0.3, -0.25) is 40.2 Å². The van der Waals surface area contributed by atoms with Crippen molar-refractivity contribution in [3.8, 4) is 12.1 Å². The number of aldehydes is 1. The molecule has 1 spiro atoms. The lowest BCUT2D eigenvalue weighted by molar-refractivity contribution is -0.119. The Kier molecular flexibility index (Phi) is 32.2. The molecule has 0 radical (unpaired) electrons. The second kappa shape index (κ2) is 35.1. The Morgan fingerprint density at radius 1 is 0.711 bits per heavy atom. The number of nitrogens with zero attached hydrogens (tertiary/aromatic N) is 6. The number of carbonyl (C=O) groups excluding carboxylic acids is 5. The Morgan fingerprint density at radius 2 is 1.12 bits per heavy atom. The van der Waals surface area contributed by atoms with E-state index in [9.17, 15) is 34.5 Å². The van der Waals surface area contributed by atoms with Crippen molar-refractivity contribution >= 4 is 200 Å². The molecule has 3 saturated carbocycles. The first-order valence-corrected chi connectivity index (χ1v) is 32.3. The highest BCUT2D eigenvalue weighted by molar-refractivity contribution is 9.11. The predicted molar refractivity (Wildman–Crippen MR) is 354 cm³/mol. The number of nitrogens with one attached hydrogen (secondary N) is 4. The summed E-state index contributed by atoms with van der Waals surface area (Å²) in [5.41, 5.74) is 7.07. The van der Waals surface area contributed by atoms with Gasteiger partial charge in [-0.25, -0.2) is 14.6 Å². The maximum atomic E-state index is 12.9. The normalized spacial score (nSPS) is 16.2. The summed E-state index contributed by atoms with van der Waals surface area (Å²) >= 11 is 52.0. The molecule has 15 nitrogen and oxygen atoms in total. The first kappa shape index (κ1) is 76.1. The third kappa shape index (κ3) is 21.7. The van der Waals surface area contributed by atoms with Gasteiger partial charge in [0.05, 0.1) is 23.7 Å². The topological polar surface area (TPSA) is 215 Å². The minimum atomic E-state index is -2.28. The molecular weight excluding hydrogens is 1430 g/mol. The van der Waals surface area contributed by atoms with Crippen LogP contribution in [0, 0.1) is 69.6 Å². The Hall–Kier alpha value is -2.95. The van der Waals surface area contributed by atoms with Crippen LogP contribution in [-0.2, 0) is 14.4 Å². The quantitative estimate of drug-likeness (QED) is 0.0909. The molecule has 4 N–H and O–H groups in total. The van der Waals surface area contributed by atoms with Crippen LogP contribution in [0.2, 0.25) is 0 Å². The first-order valence-electron chi connectivity index (χ1n) is 26.5. The molecule has 1 heterocycles. The van der Waals surface area contributed by atoms with Crippen molar-refractivity contribution in [3.05, 3.63) is 83.2 Å². The number of halogens is 11. The number of aliphatic imine (C=N–C) groups is 1. The minimum absolute atomic E-state index is 0.168. The third-order valence-corrected chi connectivity index (χ3v) is 18.9. The van der Waals surface area contributed by atoms with Crippen LogP contribution in [0.4, 0.5) is 26.7 Å². The van der Waals surface area contributed by atoms with Crippen molar-refractivity contribution in [2.45, 2.75) is 164 Å². The van der Waals surface area contributed by atoms with E-state index in [1.807, 2.05) is 39.8 Å². The summed E-state index contributed by atoms with van der Waals surface area (Å²) in [7, 11) is 0. The number of rotatable bonds is 9. The van der Waals surface area contributed by atoms with Crippen molar-refractivity contribution in [1.82, 2.24) is 15.5 Å². The van der Waals surface area contributed by atoms with Gasteiger partial charge in [-0.15, -0.1) is 23.2 Å². The van der Waals surface area contributed by atoms with Gasteiger partial charge in [0.25, 0.3) is 19.4 Å². The van der Waals surface area contributed by atoms with Crippen LogP contribution >= 0.6 is 141 Å². The molecule has 4 aliphatic rings. The van der Waals surface area contributed by atoms with Crippen LogP contribution in [0.25, 0.3) is 0 Å². The second-order valence-corrected chi connectivity index (χ2v) is 27.7. The molecule has 3 aromatic rings. The zero-order chi connectivity index (χ0) is 63.3. The van der Waals surface area contributed by atoms with Crippen LogP contribution in [0.5, 0.6) is 0 Å². The molecule has 0 atom stereocenters. The van der Waals surface area contributed by atoms with Gasteiger partial charge < -0.3 is 10.2 Å².